The van der Waals surface area contributed by atoms with E-state index in [-0.39, 0.29) is 37.3 Å². The number of rotatable bonds is 4. The van der Waals surface area contributed by atoms with E-state index >= 15 is 0 Å². The minimum Gasteiger partial charge on any atom is -0.497 e. The second-order valence-electron chi connectivity index (χ2n) is 2.96. The molecule has 0 heterocycles. The molecule has 0 aromatic heterocycles. The molecule has 0 atom stereocenters. The van der Waals surface area contributed by atoms with Crippen LogP contribution in [0.15, 0.2) is 24.3 Å². The Morgan fingerprint density at radius 1 is 1.38 bits per heavy atom. The van der Waals surface area contributed by atoms with Gasteiger partial charge in [0.2, 0.25) is 0 Å². The molecule has 0 fully saturated rings. The van der Waals surface area contributed by atoms with E-state index in [1.807, 2.05) is 6.07 Å². The van der Waals surface area contributed by atoms with E-state index in [9.17, 15) is 0 Å². The van der Waals surface area contributed by atoms with E-state index in [2.05, 4.69) is 25.1 Å². The molecule has 1 aromatic carbocycles. The fourth-order valence-electron chi connectivity index (χ4n) is 1.21. The number of hydrogen-bond donors (Lipinski definition) is 0. The molecule has 0 aliphatic carbocycles. The van der Waals surface area contributed by atoms with Crippen molar-refractivity contribution in [2.75, 3.05) is 7.11 Å². The average molecular weight is 255 g/mol. The highest BCUT2D eigenvalue weighted by molar-refractivity contribution is 8.93. The van der Waals surface area contributed by atoms with Crippen molar-refractivity contribution in [1.82, 2.24) is 0 Å². The zero-order chi connectivity index (χ0) is 8.81. The number of benzene rings is 1. The molecule has 0 unspecified atom stereocenters. The molecule has 70 valence electrons. The molecule has 3 heteroatoms. The summed E-state index contributed by atoms with van der Waals surface area (Å²) in [6, 6.07) is 8.47. The monoisotopic (exact) mass is 254 g/mol. The van der Waals surface area contributed by atoms with Crippen molar-refractivity contribution in [1.29, 1.82) is 0 Å². The van der Waals surface area contributed by atoms with Gasteiger partial charge in [-0.3, -0.25) is 0 Å². The van der Waals surface area contributed by atoms with Crippen molar-refractivity contribution in [2.24, 2.45) is 0 Å². The predicted molar refractivity (Wildman–Crippen MR) is 63.8 cm³/mol. The van der Waals surface area contributed by atoms with Crippen molar-refractivity contribution in [3.8, 4) is 5.75 Å². The van der Waals surface area contributed by atoms with Gasteiger partial charge in [0.25, 0.3) is 0 Å². The van der Waals surface area contributed by atoms with Crippen LogP contribution in [0.25, 0.3) is 0 Å². The van der Waals surface area contributed by atoms with Crippen LogP contribution >= 0.6 is 17.0 Å². The van der Waals surface area contributed by atoms with Crippen LogP contribution in [0.4, 0.5) is 0 Å². The quantitative estimate of drug-likeness (QED) is 0.751. The predicted octanol–water partition coefficient (Wildman–Crippen LogP) is 2.43. The van der Waals surface area contributed by atoms with Gasteiger partial charge in [-0.2, -0.15) is 3.69 Å². The molecule has 0 radical (unpaired) electrons. The van der Waals surface area contributed by atoms with Crippen LogP contribution in [-0.4, -0.2) is 27.5 Å². The third-order valence-corrected chi connectivity index (χ3v) is 4.03. The molecule has 0 bridgehead atoms. The molecule has 1 rings (SSSR count). The van der Waals surface area contributed by atoms with Crippen LogP contribution in [0, 0.1) is 0 Å². The third kappa shape index (κ3) is 4.89. The lowest BCUT2D eigenvalue weighted by atomic mass is 10.3. The van der Waals surface area contributed by atoms with E-state index in [0.717, 1.165) is 5.75 Å². The standard InChI is InChI=1S/C7H7O.C3H7.BrH.Mg/c1-8-7-5-3-2-4-6-7;1-3-2;;/h2-3,5-6H,1H3;1,3H2,2H3;1H;. The van der Waals surface area contributed by atoms with Crippen molar-refractivity contribution < 1.29 is 4.74 Å². The topological polar surface area (TPSA) is 9.23 Å². The van der Waals surface area contributed by atoms with Gasteiger partial charge in [0, 0.05) is 0 Å². The molecule has 1 nitrogen and oxygen atoms in total. The molecule has 0 N–H and O–H groups in total. The maximum atomic E-state index is 5.16. The lowest BCUT2D eigenvalue weighted by Crippen LogP contribution is -2.12. The Bertz CT molecular complexity index is 240. The van der Waals surface area contributed by atoms with Crippen molar-refractivity contribution in [3.05, 3.63) is 24.3 Å². The maximum Gasteiger partial charge on any atom is 0.408 e. The Hall–Kier alpha value is 0.266. The lowest BCUT2D eigenvalue weighted by molar-refractivity contribution is 0.415. The van der Waals surface area contributed by atoms with Gasteiger partial charge < -0.3 is 4.74 Å². The van der Waals surface area contributed by atoms with E-state index < -0.39 is 0 Å². The number of halogens is 1. The van der Waals surface area contributed by atoms with Gasteiger partial charge in [0.1, 0.15) is 5.75 Å². The summed E-state index contributed by atoms with van der Waals surface area (Å²) in [4.78, 5) is 0. The second kappa shape index (κ2) is 7.65. The SMILES string of the molecule is Br.CC[CH2][Mg][c]1cccc(OC)c1. The number of hydrogen-bond acceptors (Lipinski definition) is 1. The Labute approximate surface area is 100 Å². The van der Waals surface area contributed by atoms with Gasteiger partial charge in [0.05, 0.1) is 7.11 Å². The van der Waals surface area contributed by atoms with Crippen LogP contribution in [-0.2, 0) is 0 Å². The third-order valence-electron chi connectivity index (χ3n) is 1.95. The minimum atomic E-state index is -0.0221. The molecule has 0 aliphatic heterocycles. The van der Waals surface area contributed by atoms with Crippen LogP contribution in [0.5, 0.6) is 5.75 Å². The Balaban J connectivity index is 0.00000144. The average Bonchev–Trinajstić information content (AvgIpc) is 2.15. The van der Waals surface area contributed by atoms with E-state index in [4.69, 9.17) is 4.74 Å². The Morgan fingerprint density at radius 3 is 2.77 bits per heavy atom. The van der Waals surface area contributed by atoms with Crippen LogP contribution < -0.4 is 8.43 Å². The van der Waals surface area contributed by atoms with E-state index in [1.165, 1.54) is 14.7 Å². The van der Waals surface area contributed by atoms with Crippen molar-refractivity contribution in [2.45, 2.75) is 17.9 Å². The highest BCUT2D eigenvalue weighted by atomic mass is 79.9. The summed E-state index contributed by atoms with van der Waals surface area (Å²) in [5.74, 6) is 0.996. The second-order valence-corrected chi connectivity index (χ2v) is 4.98. The first kappa shape index (κ1) is 13.3. The first-order valence-electron chi connectivity index (χ1n) is 4.49. The fourth-order valence-corrected chi connectivity index (χ4v) is 2.62. The summed E-state index contributed by atoms with van der Waals surface area (Å²) in [5.41, 5.74) is 0. The summed E-state index contributed by atoms with van der Waals surface area (Å²) < 4.78 is 8.06. The molecular formula is C10H15BrMgO. The fraction of sp³-hybridized carbons (Fsp3) is 0.400. The molecular weight excluding hydrogens is 240 g/mol. The molecule has 0 spiro atoms. The summed E-state index contributed by atoms with van der Waals surface area (Å²) in [7, 11) is 1.72. The van der Waals surface area contributed by atoms with Crippen molar-refractivity contribution in [3.63, 3.8) is 0 Å². The van der Waals surface area contributed by atoms with Gasteiger partial charge in [0.15, 0.2) is 0 Å². The molecule has 0 saturated heterocycles. The minimum absolute atomic E-state index is 0. The van der Waals surface area contributed by atoms with Crippen molar-refractivity contribution >= 4 is 41.0 Å². The largest absolute Gasteiger partial charge is 0.497 e. The van der Waals surface area contributed by atoms with E-state index in [1.54, 1.807) is 7.11 Å². The van der Waals surface area contributed by atoms with Gasteiger partial charge in [-0.15, -0.1) is 21.5 Å². The zero-order valence-corrected chi connectivity index (χ0v) is 11.4. The molecule has 0 saturated carbocycles. The highest BCUT2D eigenvalue weighted by Crippen LogP contribution is 2.05. The summed E-state index contributed by atoms with van der Waals surface area (Å²) in [6.07, 6.45) is 1.31. The Kier molecular flexibility index (Phi) is 7.81. The Morgan fingerprint density at radius 2 is 2.15 bits per heavy atom. The molecule has 0 aliphatic rings. The summed E-state index contributed by atoms with van der Waals surface area (Å²) in [5, 5.41) is 0. The van der Waals surface area contributed by atoms with Gasteiger partial charge in [-0.1, -0.05) is 25.5 Å². The smallest absolute Gasteiger partial charge is 0.408 e. The number of methoxy groups -OCH3 is 1. The van der Waals surface area contributed by atoms with Crippen LogP contribution in [0.2, 0.25) is 4.55 Å². The lowest BCUT2D eigenvalue weighted by Gasteiger charge is -2.02. The first-order valence-corrected chi connectivity index (χ1v) is 6.20. The summed E-state index contributed by atoms with van der Waals surface area (Å²) >= 11 is -0.0221. The van der Waals surface area contributed by atoms with E-state index in [0.29, 0.717) is 0 Å². The van der Waals surface area contributed by atoms with Crippen LogP contribution in [0.1, 0.15) is 13.3 Å². The first-order chi connectivity index (χ1) is 5.86. The number of ether oxygens (including phenoxy) is 1. The van der Waals surface area contributed by atoms with Gasteiger partial charge in [-0.05, 0) is 12.1 Å². The molecule has 1 aromatic rings. The molecule has 0 amide bonds. The highest BCUT2D eigenvalue weighted by Gasteiger charge is 1.98. The zero-order valence-electron chi connectivity index (χ0n) is 8.25. The van der Waals surface area contributed by atoms with Crippen LogP contribution in [0.3, 0.4) is 0 Å². The van der Waals surface area contributed by atoms with Gasteiger partial charge >= 0.3 is 20.4 Å². The molecule has 13 heavy (non-hydrogen) atoms. The normalized spacial score (nSPS) is 8.46. The summed E-state index contributed by atoms with van der Waals surface area (Å²) in [6.45, 7) is 2.24. The van der Waals surface area contributed by atoms with Gasteiger partial charge in [-0.25, -0.2) is 0 Å². The maximum absolute atomic E-state index is 5.16.